The van der Waals surface area contributed by atoms with Crippen molar-refractivity contribution in [1.82, 2.24) is 16.0 Å². The molecule has 0 aromatic heterocycles. The van der Waals surface area contributed by atoms with E-state index in [4.69, 9.17) is 22.3 Å². The number of nitrogens with zero attached hydrogens (tertiary/aromatic N) is 1. The minimum atomic E-state index is -1.57. The molecule has 5 unspecified atom stereocenters. The average molecular weight is 433 g/mol. The maximum Gasteiger partial charge on any atom is 0.328 e. The first-order valence-corrected chi connectivity index (χ1v) is 9.14. The van der Waals surface area contributed by atoms with Gasteiger partial charge in [0.05, 0.1) is 18.8 Å². The summed E-state index contributed by atoms with van der Waals surface area (Å²) in [5.41, 5.74) is 16.1. The highest BCUT2D eigenvalue weighted by Gasteiger charge is 2.29. The molecule has 0 aliphatic carbocycles. The summed E-state index contributed by atoms with van der Waals surface area (Å²) >= 11 is 0. The molecule has 0 spiro atoms. The first-order valence-electron chi connectivity index (χ1n) is 9.14. The number of nitrogens with one attached hydrogen (secondary N) is 3. The number of aliphatic hydroxyl groups is 2. The fourth-order valence-corrected chi connectivity index (χ4v) is 2.17. The summed E-state index contributed by atoms with van der Waals surface area (Å²) in [7, 11) is 0. The lowest BCUT2D eigenvalue weighted by atomic mass is 10.1. The van der Waals surface area contributed by atoms with Gasteiger partial charge in [-0.25, -0.2) is 4.79 Å². The van der Waals surface area contributed by atoms with Crippen molar-refractivity contribution in [3.05, 3.63) is 0 Å². The highest BCUT2D eigenvalue weighted by atomic mass is 16.4. The Labute approximate surface area is 173 Å². The summed E-state index contributed by atoms with van der Waals surface area (Å²) in [5.74, 6) is -4.01. The second-order valence-corrected chi connectivity index (χ2v) is 6.59. The summed E-state index contributed by atoms with van der Waals surface area (Å²) in [6.45, 7) is 1.95. The van der Waals surface area contributed by atoms with E-state index in [1.807, 2.05) is 0 Å². The van der Waals surface area contributed by atoms with Gasteiger partial charge in [0.15, 0.2) is 12.0 Å². The third-order valence-corrected chi connectivity index (χ3v) is 3.92. The molecule has 0 radical (unpaired) electrons. The Bertz CT molecular complexity index is 637. The van der Waals surface area contributed by atoms with Crippen molar-refractivity contribution < 1.29 is 34.5 Å². The fraction of sp³-hybridized carbons (Fsp3) is 0.688. The largest absolute Gasteiger partial charge is 0.480 e. The molecule has 0 saturated heterocycles. The molecule has 14 heteroatoms. The number of carboxylic acid groups (broad SMARTS) is 1. The van der Waals surface area contributed by atoms with E-state index in [-0.39, 0.29) is 18.9 Å². The van der Waals surface area contributed by atoms with Crippen LogP contribution in [-0.2, 0) is 19.2 Å². The molecule has 0 bridgehead atoms. The predicted molar refractivity (Wildman–Crippen MR) is 106 cm³/mol. The van der Waals surface area contributed by atoms with Gasteiger partial charge in [-0.1, -0.05) is 0 Å². The van der Waals surface area contributed by atoms with Crippen LogP contribution in [0.15, 0.2) is 4.99 Å². The summed E-state index contributed by atoms with van der Waals surface area (Å²) in [4.78, 5) is 51.1. The quantitative estimate of drug-likeness (QED) is 0.0761. The number of aliphatic hydroxyl groups excluding tert-OH is 2. The van der Waals surface area contributed by atoms with E-state index in [0.717, 1.165) is 0 Å². The van der Waals surface area contributed by atoms with Crippen molar-refractivity contribution in [2.75, 3.05) is 13.2 Å². The highest BCUT2D eigenvalue weighted by molar-refractivity contribution is 5.94. The molecule has 5 atom stereocenters. The van der Waals surface area contributed by atoms with E-state index in [2.05, 4.69) is 20.9 Å². The number of carboxylic acids is 1. The van der Waals surface area contributed by atoms with Gasteiger partial charge in [0.25, 0.3) is 0 Å². The van der Waals surface area contributed by atoms with Crippen LogP contribution in [-0.4, -0.2) is 88.4 Å². The molecule has 0 aliphatic heterocycles. The molecule has 30 heavy (non-hydrogen) atoms. The highest BCUT2D eigenvalue weighted by Crippen LogP contribution is 1.98. The van der Waals surface area contributed by atoms with E-state index >= 15 is 0 Å². The molecule has 0 saturated carbocycles. The maximum absolute atomic E-state index is 12.2. The SMILES string of the molecule is CC(NC(=O)C(CO)NC(=O)C(N)CCCN=C(N)N)C(=O)NC(C(=O)O)C(C)O. The molecule has 0 heterocycles. The Morgan fingerprint density at radius 3 is 2.07 bits per heavy atom. The van der Waals surface area contributed by atoms with Crippen molar-refractivity contribution in [2.45, 2.75) is 57.0 Å². The number of hydrogen-bond acceptors (Lipinski definition) is 8. The molecule has 3 amide bonds. The van der Waals surface area contributed by atoms with Gasteiger partial charge < -0.3 is 48.5 Å². The molecule has 12 N–H and O–H groups in total. The average Bonchev–Trinajstić information content (AvgIpc) is 2.65. The normalized spacial score (nSPS) is 15.6. The Hall–Kier alpha value is -2.97. The molecule has 0 rings (SSSR count). The second-order valence-electron chi connectivity index (χ2n) is 6.59. The first-order chi connectivity index (χ1) is 13.9. The van der Waals surface area contributed by atoms with E-state index in [1.165, 1.54) is 13.8 Å². The third kappa shape index (κ3) is 9.99. The topological polar surface area (TPSA) is 255 Å². The number of aliphatic carboxylic acids is 1. The number of hydrogen-bond donors (Lipinski definition) is 9. The molecule has 0 aliphatic rings. The Morgan fingerprint density at radius 1 is 1.00 bits per heavy atom. The smallest absolute Gasteiger partial charge is 0.328 e. The number of carbonyl (C=O) groups excluding carboxylic acids is 3. The van der Waals surface area contributed by atoms with Gasteiger partial charge in [0, 0.05) is 6.54 Å². The number of amides is 3. The van der Waals surface area contributed by atoms with E-state index in [0.29, 0.717) is 6.42 Å². The molecule has 0 fully saturated rings. The third-order valence-electron chi connectivity index (χ3n) is 3.92. The monoisotopic (exact) mass is 433 g/mol. The van der Waals surface area contributed by atoms with Crippen LogP contribution in [0.4, 0.5) is 0 Å². The lowest BCUT2D eigenvalue weighted by Gasteiger charge is -2.23. The summed E-state index contributed by atoms with van der Waals surface area (Å²) in [6.07, 6.45) is -0.738. The standard InChI is InChI=1S/C16H31N7O7/c1-7(12(26)23-11(8(2)25)15(29)30)21-14(28)10(6-24)22-13(27)9(17)4-3-5-20-16(18)19/h7-11,24-25H,3-6,17H2,1-2H3,(H,21,28)(H,22,27)(H,23,26)(H,29,30)(H4,18,19,20). The summed E-state index contributed by atoms with van der Waals surface area (Å²) in [6, 6.07) is -5.15. The van der Waals surface area contributed by atoms with Gasteiger partial charge >= 0.3 is 5.97 Å². The van der Waals surface area contributed by atoms with E-state index in [1.54, 1.807) is 0 Å². The van der Waals surface area contributed by atoms with Crippen LogP contribution in [0.2, 0.25) is 0 Å². The van der Waals surface area contributed by atoms with Crippen LogP contribution in [0.3, 0.4) is 0 Å². The van der Waals surface area contributed by atoms with Crippen molar-refractivity contribution in [2.24, 2.45) is 22.2 Å². The van der Waals surface area contributed by atoms with Crippen molar-refractivity contribution >= 4 is 29.7 Å². The van der Waals surface area contributed by atoms with Crippen LogP contribution in [0, 0.1) is 0 Å². The van der Waals surface area contributed by atoms with Crippen LogP contribution in [0.1, 0.15) is 26.7 Å². The van der Waals surface area contributed by atoms with Gasteiger partial charge in [-0.2, -0.15) is 0 Å². The first kappa shape index (κ1) is 27.0. The van der Waals surface area contributed by atoms with E-state index < -0.39 is 60.6 Å². The van der Waals surface area contributed by atoms with Crippen LogP contribution in [0.5, 0.6) is 0 Å². The minimum absolute atomic E-state index is 0.0914. The van der Waals surface area contributed by atoms with Gasteiger partial charge in [-0.3, -0.25) is 19.4 Å². The zero-order chi connectivity index (χ0) is 23.4. The second kappa shape index (κ2) is 13.3. The molecule has 0 aromatic carbocycles. The lowest BCUT2D eigenvalue weighted by molar-refractivity contribution is -0.145. The number of aliphatic imine (C=N–C) groups is 1. The molecular formula is C16H31N7O7. The number of nitrogens with two attached hydrogens (primary N) is 3. The molecule has 0 aromatic rings. The van der Waals surface area contributed by atoms with Crippen LogP contribution >= 0.6 is 0 Å². The Morgan fingerprint density at radius 2 is 1.60 bits per heavy atom. The Kier molecular flexibility index (Phi) is 12.0. The fourth-order valence-electron chi connectivity index (χ4n) is 2.17. The van der Waals surface area contributed by atoms with Gasteiger partial charge in [0.1, 0.15) is 12.1 Å². The van der Waals surface area contributed by atoms with Gasteiger partial charge in [-0.05, 0) is 26.7 Å². The summed E-state index contributed by atoms with van der Waals surface area (Å²) < 4.78 is 0. The van der Waals surface area contributed by atoms with Crippen molar-refractivity contribution in [3.8, 4) is 0 Å². The predicted octanol–water partition coefficient (Wildman–Crippen LogP) is -4.70. The van der Waals surface area contributed by atoms with Crippen molar-refractivity contribution in [3.63, 3.8) is 0 Å². The van der Waals surface area contributed by atoms with Crippen LogP contribution < -0.4 is 33.2 Å². The summed E-state index contributed by atoms with van der Waals surface area (Å²) in [5, 5.41) is 34.3. The Balaban J connectivity index is 4.71. The van der Waals surface area contributed by atoms with Gasteiger partial charge in [-0.15, -0.1) is 0 Å². The lowest BCUT2D eigenvalue weighted by Crippen LogP contribution is -2.58. The number of guanidine groups is 1. The van der Waals surface area contributed by atoms with E-state index in [9.17, 15) is 29.4 Å². The van der Waals surface area contributed by atoms with Crippen LogP contribution in [0.25, 0.3) is 0 Å². The minimum Gasteiger partial charge on any atom is -0.480 e. The molecule has 14 nitrogen and oxygen atoms in total. The zero-order valence-corrected chi connectivity index (χ0v) is 16.9. The van der Waals surface area contributed by atoms with Gasteiger partial charge in [0.2, 0.25) is 17.7 Å². The molecule has 172 valence electrons. The number of rotatable bonds is 13. The zero-order valence-electron chi connectivity index (χ0n) is 16.9. The van der Waals surface area contributed by atoms with Crippen molar-refractivity contribution in [1.29, 1.82) is 0 Å². The number of carbonyl (C=O) groups is 4. The maximum atomic E-state index is 12.2. The molecular weight excluding hydrogens is 402 g/mol.